The van der Waals surface area contributed by atoms with Crippen molar-refractivity contribution in [1.29, 1.82) is 0 Å². The van der Waals surface area contributed by atoms with Gasteiger partial charge in [-0.2, -0.15) is 0 Å². The number of hydrogen-bond donors (Lipinski definition) is 0. The fourth-order valence-corrected chi connectivity index (χ4v) is 3.05. The van der Waals surface area contributed by atoms with Gasteiger partial charge in [0.15, 0.2) is 0 Å². The van der Waals surface area contributed by atoms with Crippen LogP contribution in [0.5, 0.6) is 5.88 Å². The Labute approximate surface area is 118 Å². The summed E-state index contributed by atoms with van der Waals surface area (Å²) in [4.78, 5) is 1.76. The summed E-state index contributed by atoms with van der Waals surface area (Å²) in [5.41, 5.74) is -2.05. The summed E-state index contributed by atoms with van der Waals surface area (Å²) in [5, 5.41) is 0. The van der Waals surface area contributed by atoms with Crippen LogP contribution >= 0.6 is 22.3 Å². The molecule has 20 heavy (non-hydrogen) atoms. The van der Waals surface area contributed by atoms with Gasteiger partial charge in [0, 0.05) is 22.4 Å². The van der Waals surface area contributed by atoms with Crippen LogP contribution in [0.3, 0.4) is 0 Å². The first kappa shape index (κ1) is 17.2. The van der Waals surface area contributed by atoms with Gasteiger partial charge in [0.1, 0.15) is 4.90 Å². The zero-order valence-electron chi connectivity index (χ0n) is 9.09. The number of hydrogen-bond acceptors (Lipinski definition) is 4. The molecular formula is C8H4Cl2F5NO3S. The second-order valence-corrected chi connectivity index (χ2v) is 6.02. The van der Waals surface area contributed by atoms with E-state index in [-0.39, 0.29) is 6.20 Å². The minimum atomic E-state index is -5.20. The van der Waals surface area contributed by atoms with Crippen LogP contribution in [0.4, 0.5) is 22.0 Å². The van der Waals surface area contributed by atoms with Gasteiger partial charge in [0.05, 0.1) is 11.4 Å². The van der Waals surface area contributed by atoms with Crippen LogP contribution in [0, 0.1) is 0 Å². The van der Waals surface area contributed by atoms with E-state index >= 15 is 0 Å². The monoisotopic (exact) mass is 359 g/mol. The molecule has 0 aliphatic carbocycles. The predicted molar refractivity (Wildman–Crippen MR) is 58.5 cm³/mol. The molecule has 0 atom stereocenters. The van der Waals surface area contributed by atoms with Gasteiger partial charge in [-0.3, -0.25) is 0 Å². The van der Waals surface area contributed by atoms with Gasteiger partial charge < -0.3 is 4.74 Å². The van der Waals surface area contributed by atoms with Gasteiger partial charge in [-0.25, -0.2) is 22.2 Å². The molecule has 0 amide bonds. The minimum Gasteiger partial charge on any atom is -0.387 e. The topological polar surface area (TPSA) is 56.3 Å². The molecule has 1 aromatic heterocycles. The smallest absolute Gasteiger partial charge is 0.387 e. The number of alkyl halides is 6. The Balaban J connectivity index is 3.62. The highest BCUT2D eigenvalue weighted by Gasteiger charge is 2.36. The van der Waals surface area contributed by atoms with Crippen molar-refractivity contribution in [3.8, 4) is 5.88 Å². The molecule has 0 saturated carbocycles. The molecule has 1 aromatic rings. The van der Waals surface area contributed by atoms with Crippen LogP contribution in [-0.2, 0) is 14.9 Å². The van der Waals surface area contributed by atoms with Gasteiger partial charge >= 0.3 is 6.36 Å². The van der Waals surface area contributed by atoms with Crippen LogP contribution in [0.1, 0.15) is 17.6 Å². The molecule has 0 aliphatic heterocycles. The summed E-state index contributed by atoms with van der Waals surface area (Å²) >= 11 is 5.29. The Bertz CT molecular complexity index is 605. The summed E-state index contributed by atoms with van der Waals surface area (Å²) in [5.74, 6) is -2.13. The van der Waals surface area contributed by atoms with Crippen LogP contribution in [0.15, 0.2) is 11.1 Å². The normalized spacial score (nSPS) is 12.8. The van der Waals surface area contributed by atoms with E-state index in [1.54, 1.807) is 0 Å². The van der Waals surface area contributed by atoms with Gasteiger partial charge in [0.2, 0.25) is 5.88 Å². The maximum absolute atomic E-state index is 12.7. The van der Waals surface area contributed by atoms with E-state index in [0.717, 1.165) is 0 Å². The summed E-state index contributed by atoms with van der Waals surface area (Å²) in [6.45, 7) is 0. The van der Waals surface area contributed by atoms with Crippen molar-refractivity contribution >= 4 is 31.3 Å². The lowest BCUT2D eigenvalue weighted by molar-refractivity contribution is -0.276. The van der Waals surface area contributed by atoms with E-state index in [1.165, 1.54) is 0 Å². The van der Waals surface area contributed by atoms with E-state index in [2.05, 4.69) is 9.72 Å². The molecule has 0 bridgehead atoms. The lowest BCUT2D eigenvalue weighted by atomic mass is 10.2. The molecule has 0 saturated heterocycles. The molecule has 0 aliphatic rings. The zero-order chi connectivity index (χ0) is 15.7. The fraction of sp³-hybridized carbons (Fsp3) is 0.375. The van der Waals surface area contributed by atoms with Gasteiger partial charge in [-0.1, -0.05) is 0 Å². The molecule has 4 nitrogen and oxygen atoms in total. The van der Waals surface area contributed by atoms with E-state index in [0.29, 0.717) is 0 Å². The molecule has 0 N–H and O–H groups in total. The first-order valence-corrected chi connectivity index (χ1v) is 7.38. The zero-order valence-corrected chi connectivity index (χ0v) is 11.4. The lowest BCUT2D eigenvalue weighted by Gasteiger charge is -2.15. The van der Waals surface area contributed by atoms with Crippen LogP contribution < -0.4 is 4.74 Å². The van der Waals surface area contributed by atoms with Crippen LogP contribution in [0.25, 0.3) is 0 Å². The summed E-state index contributed by atoms with van der Waals surface area (Å²) in [6, 6.07) is 0. The number of rotatable bonds is 4. The molecular weight excluding hydrogens is 356 g/mol. The minimum absolute atomic E-state index is 0.233. The number of pyridine rings is 1. The Morgan fingerprint density at radius 1 is 1.35 bits per heavy atom. The number of ether oxygens (including phenoxy) is 1. The Morgan fingerprint density at radius 2 is 1.90 bits per heavy atom. The van der Waals surface area contributed by atoms with Crippen molar-refractivity contribution in [3.05, 3.63) is 17.3 Å². The summed E-state index contributed by atoms with van der Waals surface area (Å²) in [7, 11) is 0.172. The first-order chi connectivity index (χ1) is 8.97. The molecule has 0 fully saturated rings. The second kappa shape index (κ2) is 5.86. The second-order valence-electron chi connectivity index (χ2n) is 3.25. The third kappa shape index (κ3) is 4.06. The molecule has 1 heterocycles. The number of nitrogens with zero attached hydrogens (tertiary/aromatic N) is 1. The standard InChI is InChI=1S/C8H4Cl2F5NO3S/c9-1-3-5(20(10,17)18)4(6(11)12)2-16-7(3)19-8(13,14)15/h2,6H,1H2. The van der Waals surface area contributed by atoms with E-state index < -0.39 is 49.6 Å². The highest BCUT2D eigenvalue weighted by Crippen LogP contribution is 2.37. The van der Waals surface area contributed by atoms with E-state index in [1.807, 2.05) is 0 Å². The number of aromatic nitrogens is 1. The van der Waals surface area contributed by atoms with Gasteiger partial charge in [-0.05, 0) is 0 Å². The van der Waals surface area contributed by atoms with Crippen molar-refractivity contribution in [2.75, 3.05) is 0 Å². The fourth-order valence-electron chi connectivity index (χ4n) is 1.29. The van der Waals surface area contributed by atoms with Crippen molar-refractivity contribution < 1.29 is 35.1 Å². The van der Waals surface area contributed by atoms with Crippen LogP contribution in [0.2, 0.25) is 0 Å². The average molecular weight is 360 g/mol. The summed E-state index contributed by atoms with van der Waals surface area (Å²) in [6.07, 6.45) is -8.29. The molecule has 1 rings (SSSR count). The van der Waals surface area contributed by atoms with Crippen LogP contribution in [-0.4, -0.2) is 19.8 Å². The van der Waals surface area contributed by atoms with Crippen molar-refractivity contribution in [3.63, 3.8) is 0 Å². The van der Waals surface area contributed by atoms with E-state index in [4.69, 9.17) is 22.3 Å². The average Bonchev–Trinajstić information content (AvgIpc) is 2.24. The molecule has 0 unspecified atom stereocenters. The Morgan fingerprint density at radius 3 is 2.25 bits per heavy atom. The quantitative estimate of drug-likeness (QED) is 0.468. The first-order valence-electron chi connectivity index (χ1n) is 4.53. The Hall–Kier alpha value is -0.870. The Kier molecular flexibility index (Phi) is 5.03. The molecule has 12 heteroatoms. The van der Waals surface area contributed by atoms with Crippen molar-refractivity contribution in [2.24, 2.45) is 0 Å². The van der Waals surface area contributed by atoms with Gasteiger partial charge in [-0.15, -0.1) is 24.8 Å². The SMILES string of the molecule is O=S(=O)(Cl)c1c(C(F)F)cnc(OC(F)(F)F)c1CCl. The number of halogens is 7. The predicted octanol–water partition coefficient (Wildman–Crippen LogP) is 3.58. The third-order valence-electron chi connectivity index (χ3n) is 1.94. The lowest BCUT2D eigenvalue weighted by Crippen LogP contribution is -2.20. The highest BCUT2D eigenvalue weighted by molar-refractivity contribution is 8.13. The van der Waals surface area contributed by atoms with Gasteiger partial charge in [0.25, 0.3) is 15.5 Å². The maximum Gasteiger partial charge on any atom is 0.574 e. The largest absolute Gasteiger partial charge is 0.574 e. The van der Waals surface area contributed by atoms with Crippen molar-refractivity contribution in [2.45, 2.75) is 23.6 Å². The molecule has 0 spiro atoms. The summed E-state index contributed by atoms with van der Waals surface area (Å²) < 4.78 is 87.6. The highest BCUT2D eigenvalue weighted by atomic mass is 35.7. The van der Waals surface area contributed by atoms with Crippen molar-refractivity contribution in [1.82, 2.24) is 4.98 Å². The van der Waals surface area contributed by atoms with E-state index in [9.17, 15) is 30.4 Å². The molecule has 0 radical (unpaired) electrons. The maximum atomic E-state index is 12.7. The molecule has 114 valence electrons. The third-order valence-corrected chi connectivity index (χ3v) is 3.64. The molecule has 0 aromatic carbocycles.